The Kier molecular flexibility index (Phi) is 8.05. The topological polar surface area (TPSA) is 165 Å². The number of phenols is 1. The maximum absolute atomic E-state index is 15.1. The third-order valence-corrected chi connectivity index (χ3v) is 13.9. The molecule has 5 aromatic rings. The summed E-state index contributed by atoms with van der Waals surface area (Å²) in [6, 6.07) is 17.7. The van der Waals surface area contributed by atoms with Crippen molar-refractivity contribution in [2.75, 3.05) is 16.9 Å². The molecule has 15 heteroatoms. The van der Waals surface area contributed by atoms with Crippen LogP contribution in [0.1, 0.15) is 36.8 Å². The number of halogens is 1. The van der Waals surface area contributed by atoms with Crippen molar-refractivity contribution in [3.8, 4) is 22.1 Å². The first-order valence-corrected chi connectivity index (χ1v) is 19.2. The standard InChI is InChI=1S/C41H34ClN5O8S/c1-19-26-15-21(42)9-13-32(26)56-36(19)29-18-33(44(3)43-29)46-38(50)28-17-27-24(35(41(28,2)40(46)52)20-8-12-30(48)31(14-20)55-4)10-11-25-34(27)39(51)45(37(25)49)22-6-5-7-23(16-22)47(53)54/h5-10,12-16,18,25,27-28,34-35,48H,11,17H2,1-4H3/t25-,27+,28-,34-,35-,41+/m0/s1. The van der Waals surface area contributed by atoms with Crippen LogP contribution in [0.4, 0.5) is 17.2 Å². The van der Waals surface area contributed by atoms with Crippen LogP contribution in [-0.4, -0.2) is 50.5 Å². The van der Waals surface area contributed by atoms with Crippen LogP contribution in [0, 0.1) is 46.1 Å². The van der Waals surface area contributed by atoms with E-state index in [4.69, 9.17) is 21.4 Å². The Morgan fingerprint density at radius 3 is 2.54 bits per heavy atom. The van der Waals surface area contributed by atoms with E-state index in [1.54, 1.807) is 32.2 Å². The minimum absolute atomic E-state index is 0.105. The number of carbonyl (C=O) groups is 4. The van der Waals surface area contributed by atoms with E-state index in [1.165, 1.54) is 58.4 Å². The summed E-state index contributed by atoms with van der Waals surface area (Å²) >= 11 is 7.85. The molecule has 284 valence electrons. The smallest absolute Gasteiger partial charge is 0.271 e. The number of aromatic nitrogens is 2. The number of rotatable bonds is 6. The number of aryl methyl sites for hydroxylation is 2. The molecule has 9 rings (SSSR count). The molecule has 1 saturated carbocycles. The van der Waals surface area contributed by atoms with E-state index in [0.717, 1.165) is 31.0 Å². The van der Waals surface area contributed by atoms with Crippen LogP contribution in [0.15, 0.2) is 78.4 Å². The van der Waals surface area contributed by atoms with Crippen LogP contribution in [0.3, 0.4) is 0 Å². The molecule has 2 saturated heterocycles. The molecule has 13 nitrogen and oxygen atoms in total. The van der Waals surface area contributed by atoms with Crippen molar-refractivity contribution >= 4 is 73.8 Å². The summed E-state index contributed by atoms with van der Waals surface area (Å²) in [4.78, 5) is 72.6. The van der Waals surface area contributed by atoms with Gasteiger partial charge in [0.05, 0.1) is 45.8 Å². The number of allylic oxidation sites excluding steroid dienone is 2. The number of fused-ring (bicyclic) bond motifs is 5. The van der Waals surface area contributed by atoms with Gasteiger partial charge in [0.2, 0.25) is 23.6 Å². The monoisotopic (exact) mass is 791 g/mol. The van der Waals surface area contributed by atoms with Crippen LogP contribution >= 0.6 is 22.9 Å². The number of nitrogens with zero attached hydrogens (tertiary/aromatic N) is 5. The zero-order chi connectivity index (χ0) is 39.5. The number of hydrogen-bond donors (Lipinski definition) is 1. The lowest BCUT2D eigenvalue weighted by molar-refractivity contribution is -0.384. The average molecular weight is 792 g/mol. The molecule has 3 fully saturated rings. The van der Waals surface area contributed by atoms with E-state index in [9.17, 15) is 29.6 Å². The van der Waals surface area contributed by atoms with E-state index in [-0.39, 0.29) is 35.7 Å². The Hall–Kier alpha value is -5.86. The van der Waals surface area contributed by atoms with Gasteiger partial charge in [-0.2, -0.15) is 5.10 Å². The Balaban J connectivity index is 1.15. The number of methoxy groups -OCH3 is 1. The summed E-state index contributed by atoms with van der Waals surface area (Å²) in [5, 5.41) is 28.5. The van der Waals surface area contributed by atoms with Crippen molar-refractivity contribution < 1.29 is 33.9 Å². The van der Waals surface area contributed by atoms with Gasteiger partial charge in [-0.25, -0.2) is 9.80 Å². The first-order valence-electron chi connectivity index (χ1n) is 18.0. The van der Waals surface area contributed by atoms with Crippen molar-refractivity contribution in [3.05, 3.63) is 105 Å². The number of anilines is 2. The molecule has 4 heterocycles. The Morgan fingerprint density at radius 1 is 1.00 bits per heavy atom. The maximum Gasteiger partial charge on any atom is 0.271 e. The van der Waals surface area contributed by atoms with Crippen LogP contribution in [-0.2, 0) is 26.2 Å². The van der Waals surface area contributed by atoms with Crippen molar-refractivity contribution in [1.29, 1.82) is 0 Å². The Labute approximate surface area is 328 Å². The summed E-state index contributed by atoms with van der Waals surface area (Å²) in [5.74, 6) is -5.43. The van der Waals surface area contributed by atoms with Gasteiger partial charge in [-0.05, 0) is 85.5 Å². The minimum Gasteiger partial charge on any atom is -0.504 e. The van der Waals surface area contributed by atoms with E-state index >= 15 is 4.79 Å². The van der Waals surface area contributed by atoms with E-state index < -0.39 is 63.6 Å². The fraction of sp³-hybridized carbons (Fsp3) is 0.293. The molecule has 2 aliphatic heterocycles. The molecule has 56 heavy (non-hydrogen) atoms. The molecule has 0 unspecified atom stereocenters. The quantitative estimate of drug-likeness (QED) is 0.0803. The number of imide groups is 2. The number of benzene rings is 3. The van der Waals surface area contributed by atoms with Gasteiger partial charge >= 0.3 is 0 Å². The normalized spacial score (nSPS) is 25.7. The van der Waals surface area contributed by atoms with Gasteiger partial charge in [0.15, 0.2) is 11.5 Å². The number of nitro groups is 1. The number of ether oxygens (including phenoxy) is 1. The number of aromatic hydroxyl groups is 1. The SMILES string of the molecule is COc1cc([C@H]2C3=CC[C@@H]4C(=O)N(c5cccc([N+](=O)[O-])c5)C(=O)[C@@H]4[C@@H]3C[C@H]3C(=O)N(c4cc(-c5sc6ccc(Cl)cc6c5C)nn4C)C(=O)[C@@]23C)ccc1O. The first kappa shape index (κ1) is 35.8. The number of non-ortho nitro benzene ring substituents is 1. The van der Waals surface area contributed by atoms with E-state index in [1.807, 2.05) is 31.2 Å². The van der Waals surface area contributed by atoms with E-state index in [2.05, 4.69) is 0 Å². The Morgan fingerprint density at radius 2 is 1.79 bits per heavy atom. The summed E-state index contributed by atoms with van der Waals surface area (Å²) in [6.07, 6.45) is 2.22. The minimum atomic E-state index is -1.35. The lowest BCUT2D eigenvalue weighted by Crippen LogP contribution is -2.48. The molecule has 6 atom stereocenters. The number of phenolic OH excluding ortho intramolecular Hbond substituents is 1. The highest BCUT2D eigenvalue weighted by atomic mass is 35.5. The van der Waals surface area contributed by atoms with Gasteiger partial charge in [-0.15, -0.1) is 11.3 Å². The van der Waals surface area contributed by atoms with Crippen LogP contribution in [0.25, 0.3) is 20.7 Å². The lowest BCUT2D eigenvalue weighted by atomic mass is 9.51. The molecule has 4 aliphatic rings. The third kappa shape index (κ3) is 4.94. The summed E-state index contributed by atoms with van der Waals surface area (Å²) in [5.41, 5.74) is 1.40. The zero-order valence-corrected chi connectivity index (χ0v) is 32.1. The fourth-order valence-electron chi connectivity index (χ4n) is 9.70. The summed E-state index contributed by atoms with van der Waals surface area (Å²) in [7, 11) is 3.10. The maximum atomic E-state index is 15.1. The van der Waals surface area contributed by atoms with E-state index in [0.29, 0.717) is 22.1 Å². The van der Waals surface area contributed by atoms with Crippen molar-refractivity contribution in [2.45, 2.75) is 32.6 Å². The number of carbonyl (C=O) groups excluding carboxylic acids is 4. The molecule has 1 N–H and O–H groups in total. The van der Waals surface area contributed by atoms with Crippen LogP contribution in [0.2, 0.25) is 5.02 Å². The number of amides is 4. The van der Waals surface area contributed by atoms with Gasteiger partial charge < -0.3 is 9.84 Å². The second-order valence-electron chi connectivity index (χ2n) is 15.1. The highest BCUT2D eigenvalue weighted by molar-refractivity contribution is 7.22. The highest BCUT2D eigenvalue weighted by Gasteiger charge is 2.68. The van der Waals surface area contributed by atoms with Crippen LogP contribution in [0.5, 0.6) is 11.5 Å². The summed E-state index contributed by atoms with van der Waals surface area (Å²) in [6.45, 7) is 3.76. The van der Waals surface area contributed by atoms with Gasteiger partial charge in [0.1, 0.15) is 11.5 Å². The largest absolute Gasteiger partial charge is 0.504 e. The lowest BCUT2D eigenvalue weighted by Gasteiger charge is -2.49. The van der Waals surface area contributed by atoms with Gasteiger partial charge in [-0.1, -0.05) is 35.4 Å². The molecule has 0 radical (unpaired) electrons. The van der Waals surface area contributed by atoms with Crippen LogP contribution < -0.4 is 14.5 Å². The second kappa shape index (κ2) is 12.6. The summed E-state index contributed by atoms with van der Waals surface area (Å²) < 4.78 is 8.03. The molecule has 3 aromatic carbocycles. The number of thiophene rings is 1. The third-order valence-electron chi connectivity index (χ3n) is 12.3. The first-order chi connectivity index (χ1) is 26.7. The van der Waals surface area contributed by atoms with Gasteiger partial charge in [0, 0.05) is 40.9 Å². The molecular formula is C41H34ClN5O8S. The predicted molar refractivity (Wildman–Crippen MR) is 209 cm³/mol. The molecule has 2 aromatic heterocycles. The van der Waals surface area contributed by atoms with Gasteiger partial charge in [-0.3, -0.25) is 34.0 Å². The van der Waals surface area contributed by atoms with Crippen molar-refractivity contribution in [2.24, 2.45) is 36.1 Å². The zero-order valence-electron chi connectivity index (χ0n) is 30.6. The molecule has 0 spiro atoms. The average Bonchev–Trinajstić information content (AvgIpc) is 3.85. The molecule has 0 bridgehead atoms. The van der Waals surface area contributed by atoms with Crippen molar-refractivity contribution in [1.82, 2.24) is 9.78 Å². The molecule has 2 aliphatic carbocycles. The van der Waals surface area contributed by atoms with Crippen molar-refractivity contribution in [3.63, 3.8) is 0 Å². The number of nitro benzene ring substituents is 1. The number of hydrogen-bond acceptors (Lipinski definition) is 10. The molecular weight excluding hydrogens is 758 g/mol. The molecule has 4 amide bonds. The Bertz CT molecular complexity index is 2630. The van der Waals surface area contributed by atoms with Gasteiger partial charge in [0.25, 0.3) is 5.69 Å². The second-order valence-corrected chi connectivity index (χ2v) is 16.6. The predicted octanol–water partition coefficient (Wildman–Crippen LogP) is 7.32. The fourth-order valence-corrected chi connectivity index (χ4v) is 11.0. The highest BCUT2D eigenvalue weighted by Crippen LogP contribution is 2.64.